The summed E-state index contributed by atoms with van der Waals surface area (Å²) in [6, 6.07) is 16.5. The van der Waals surface area contributed by atoms with E-state index in [0.717, 1.165) is 11.1 Å². The molecule has 1 unspecified atom stereocenters. The summed E-state index contributed by atoms with van der Waals surface area (Å²) in [5.74, 6) is 0.121. The molecule has 2 aromatic rings. The Kier molecular flexibility index (Phi) is 8.26. The van der Waals surface area contributed by atoms with Crippen LogP contribution in [0, 0.1) is 0 Å². The van der Waals surface area contributed by atoms with Crippen LogP contribution in [0.1, 0.15) is 42.3 Å². The van der Waals surface area contributed by atoms with Gasteiger partial charge in [0, 0.05) is 17.7 Å². The van der Waals surface area contributed by atoms with Gasteiger partial charge in [-0.3, -0.25) is 9.59 Å². The molecule has 1 N–H and O–H groups in total. The van der Waals surface area contributed by atoms with E-state index in [0.29, 0.717) is 17.7 Å². The topological polar surface area (TPSA) is 46.2 Å². The Labute approximate surface area is 155 Å². The van der Waals surface area contributed by atoms with E-state index in [1.54, 1.807) is 0 Å². The second kappa shape index (κ2) is 9.92. The number of hydrogen-bond acceptors (Lipinski definition) is 3. The van der Waals surface area contributed by atoms with Gasteiger partial charge in [0.25, 0.3) is 0 Å². The average molecular weight is 358 g/mol. The number of Topliss-reactive ketones (excluding diaryl/α,β-unsaturated/α-hetero) is 1. The average Bonchev–Trinajstić information content (AvgIpc) is 2.65. The minimum Gasteiger partial charge on any atom is -0.303 e. The Hall–Kier alpha value is -2.23. The molecule has 0 fully saturated rings. The first kappa shape index (κ1) is 20.8. The zero-order chi connectivity index (χ0) is 17.5. The van der Waals surface area contributed by atoms with Crippen molar-refractivity contribution in [2.75, 3.05) is 0 Å². The maximum absolute atomic E-state index is 12.4. The first-order valence-electron chi connectivity index (χ1n) is 8.12. The van der Waals surface area contributed by atoms with Crippen LogP contribution in [-0.4, -0.2) is 17.6 Å². The molecule has 0 bridgehead atoms. The third-order valence-corrected chi connectivity index (χ3v) is 4.08. The van der Waals surface area contributed by atoms with Gasteiger partial charge in [0.1, 0.15) is 0 Å². The summed E-state index contributed by atoms with van der Waals surface area (Å²) < 4.78 is 0. The van der Waals surface area contributed by atoms with Crippen molar-refractivity contribution < 1.29 is 9.59 Å². The van der Waals surface area contributed by atoms with Crippen LogP contribution in [0.4, 0.5) is 0 Å². The lowest BCUT2D eigenvalue weighted by atomic mass is 10.0. The van der Waals surface area contributed by atoms with Gasteiger partial charge in [0.2, 0.25) is 0 Å². The number of carbonyl (C=O) groups excluding carboxylic acids is 2. The van der Waals surface area contributed by atoms with Crippen LogP contribution in [0.3, 0.4) is 0 Å². The first-order valence-corrected chi connectivity index (χ1v) is 8.12. The van der Waals surface area contributed by atoms with Crippen LogP contribution >= 0.6 is 12.4 Å². The van der Waals surface area contributed by atoms with E-state index >= 15 is 0 Å². The van der Waals surface area contributed by atoms with E-state index in [9.17, 15) is 9.59 Å². The SMILES string of the molecule is CC=C(C)C(=O)C(C)NCc1ccc(C(=O)c2ccccc2)cc1.Cl. The maximum atomic E-state index is 12.4. The quantitative estimate of drug-likeness (QED) is 0.591. The molecule has 0 aliphatic carbocycles. The highest BCUT2D eigenvalue weighted by Crippen LogP contribution is 2.11. The van der Waals surface area contributed by atoms with E-state index in [4.69, 9.17) is 0 Å². The molecule has 2 rings (SSSR count). The summed E-state index contributed by atoms with van der Waals surface area (Å²) in [4.78, 5) is 24.4. The van der Waals surface area contributed by atoms with Crippen LogP contribution < -0.4 is 5.32 Å². The molecule has 132 valence electrons. The summed E-state index contributed by atoms with van der Waals surface area (Å²) in [5.41, 5.74) is 3.15. The van der Waals surface area contributed by atoms with Crippen molar-refractivity contribution in [3.8, 4) is 0 Å². The normalized spacial score (nSPS) is 12.2. The fraction of sp³-hybridized carbons (Fsp3) is 0.238. The molecule has 0 saturated carbocycles. The van der Waals surface area contributed by atoms with Crippen LogP contribution in [0.15, 0.2) is 66.2 Å². The van der Waals surface area contributed by atoms with E-state index in [-0.39, 0.29) is 30.0 Å². The number of ketones is 2. The van der Waals surface area contributed by atoms with Gasteiger partial charge in [-0.15, -0.1) is 12.4 Å². The predicted octanol–water partition coefficient (Wildman–Crippen LogP) is 4.35. The van der Waals surface area contributed by atoms with Crippen molar-refractivity contribution in [2.45, 2.75) is 33.4 Å². The molecule has 0 aliphatic heterocycles. The molecular weight excluding hydrogens is 334 g/mol. The highest BCUT2D eigenvalue weighted by molar-refractivity contribution is 6.08. The lowest BCUT2D eigenvalue weighted by Gasteiger charge is -2.13. The van der Waals surface area contributed by atoms with E-state index in [1.807, 2.05) is 81.4 Å². The molecule has 0 saturated heterocycles. The molecule has 0 aromatic heterocycles. The van der Waals surface area contributed by atoms with Crippen LogP contribution in [0.5, 0.6) is 0 Å². The molecule has 0 amide bonds. The van der Waals surface area contributed by atoms with Crippen LogP contribution in [0.25, 0.3) is 0 Å². The number of halogens is 1. The zero-order valence-corrected chi connectivity index (χ0v) is 15.6. The van der Waals surface area contributed by atoms with Crippen molar-refractivity contribution in [1.82, 2.24) is 5.32 Å². The van der Waals surface area contributed by atoms with Crippen molar-refractivity contribution in [3.63, 3.8) is 0 Å². The summed E-state index contributed by atoms with van der Waals surface area (Å²) in [5, 5.41) is 3.22. The number of nitrogens with one attached hydrogen (secondary N) is 1. The molecule has 2 aromatic carbocycles. The molecule has 1 atom stereocenters. The number of rotatable bonds is 7. The van der Waals surface area contributed by atoms with Gasteiger partial charge in [0.05, 0.1) is 6.04 Å². The molecule has 25 heavy (non-hydrogen) atoms. The third kappa shape index (κ3) is 5.66. The van der Waals surface area contributed by atoms with Gasteiger partial charge in [-0.2, -0.15) is 0 Å². The maximum Gasteiger partial charge on any atom is 0.193 e. The fourth-order valence-electron chi connectivity index (χ4n) is 2.38. The van der Waals surface area contributed by atoms with E-state index in [2.05, 4.69) is 5.32 Å². The third-order valence-electron chi connectivity index (χ3n) is 4.08. The van der Waals surface area contributed by atoms with E-state index in [1.165, 1.54) is 0 Å². The molecular formula is C21H24ClNO2. The fourth-order valence-corrected chi connectivity index (χ4v) is 2.38. The van der Waals surface area contributed by atoms with Crippen molar-refractivity contribution in [1.29, 1.82) is 0 Å². The summed E-state index contributed by atoms with van der Waals surface area (Å²) in [6.45, 7) is 6.14. The highest BCUT2D eigenvalue weighted by atomic mass is 35.5. The van der Waals surface area contributed by atoms with Crippen LogP contribution in [0.2, 0.25) is 0 Å². The highest BCUT2D eigenvalue weighted by Gasteiger charge is 2.13. The Bertz CT molecular complexity index is 736. The van der Waals surface area contributed by atoms with Crippen molar-refractivity contribution >= 4 is 24.0 Å². The second-order valence-corrected chi connectivity index (χ2v) is 5.83. The lowest BCUT2D eigenvalue weighted by molar-refractivity contribution is -0.117. The molecule has 0 aliphatic rings. The Morgan fingerprint density at radius 3 is 2.12 bits per heavy atom. The lowest BCUT2D eigenvalue weighted by Crippen LogP contribution is -2.33. The number of carbonyl (C=O) groups is 2. The van der Waals surface area contributed by atoms with Gasteiger partial charge < -0.3 is 5.32 Å². The Morgan fingerprint density at radius 2 is 1.56 bits per heavy atom. The largest absolute Gasteiger partial charge is 0.303 e. The Balaban J connectivity index is 0.00000312. The van der Waals surface area contributed by atoms with Gasteiger partial charge in [-0.05, 0) is 31.9 Å². The molecule has 0 spiro atoms. The zero-order valence-electron chi connectivity index (χ0n) is 14.8. The van der Waals surface area contributed by atoms with Gasteiger partial charge >= 0.3 is 0 Å². The number of hydrogen-bond donors (Lipinski definition) is 1. The predicted molar refractivity (Wildman–Crippen MR) is 104 cm³/mol. The molecule has 0 heterocycles. The number of benzene rings is 2. The minimum absolute atomic E-state index is 0. The van der Waals surface area contributed by atoms with Gasteiger partial charge in [-0.1, -0.05) is 60.7 Å². The van der Waals surface area contributed by atoms with Crippen molar-refractivity contribution in [3.05, 3.63) is 82.9 Å². The summed E-state index contributed by atoms with van der Waals surface area (Å²) >= 11 is 0. The summed E-state index contributed by atoms with van der Waals surface area (Å²) in [6.07, 6.45) is 1.82. The van der Waals surface area contributed by atoms with Gasteiger partial charge in [0.15, 0.2) is 11.6 Å². The monoisotopic (exact) mass is 357 g/mol. The Morgan fingerprint density at radius 1 is 1.00 bits per heavy atom. The van der Waals surface area contributed by atoms with Gasteiger partial charge in [-0.25, -0.2) is 0 Å². The molecule has 4 heteroatoms. The molecule has 3 nitrogen and oxygen atoms in total. The second-order valence-electron chi connectivity index (χ2n) is 5.83. The summed E-state index contributed by atoms with van der Waals surface area (Å²) in [7, 11) is 0. The van der Waals surface area contributed by atoms with Crippen molar-refractivity contribution in [2.24, 2.45) is 0 Å². The number of allylic oxidation sites excluding steroid dienone is 1. The molecule has 0 radical (unpaired) electrons. The minimum atomic E-state index is -0.230. The van der Waals surface area contributed by atoms with Crippen LogP contribution in [-0.2, 0) is 11.3 Å². The smallest absolute Gasteiger partial charge is 0.193 e. The van der Waals surface area contributed by atoms with E-state index < -0.39 is 0 Å². The standard InChI is InChI=1S/C21H23NO2.ClH/c1-4-15(2)20(23)16(3)22-14-17-10-12-19(13-11-17)21(24)18-8-6-5-7-9-18;/h4-13,16,22H,14H2,1-3H3;1H. The first-order chi connectivity index (χ1) is 11.5.